The van der Waals surface area contributed by atoms with Gasteiger partial charge in [0.05, 0.1) is 0 Å². The van der Waals surface area contributed by atoms with Crippen LogP contribution in [0.25, 0.3) is 0 Å². The van der Waals surface area contributed by atoms with Crippen molar-refractivity contribution in [2.24, 2.45) is 0 Å². The zero-order valence-electron chi connectivity index (χ0n) is 21.3. The van der Waals surface area contributed by atoms with Crippen molar-refractivity contribution in [1.29, 1.82) is 0 Å². The Labute approximate surface area is 242 Å². The van der Waals surface area contributed by atoms with E-state index in [4.69, 9.17) is 20.4 Å². The van der Waals surface area contributed by atoms with Crippen molar-refractivity contribution in [2.45, 2.75) is 59.8 Å². The molecular formula is C27H48Hf2O4-2. The first-order chi connectivity index (χ1) is 14.9. The molecule has 33 heavy (non-hydrogen) atoms. The maximum atomic E-state index is 8.07. The molecule has 0 aliphatic heterocycles. The number of rotatable bonds is 5. The van der Waals surface area contributed by atoms with Crippen LogP contribution in [0.2, 0.25) is 0 Å². The number of unbranched alkanes of at least 4 members (excludes halogenated alkanes) is 1. The summed E-state index contributed by atoms with van der Waals surface area (Å²) in [5.74, 6) is 0. The molecule has 0 heterocycles. The van der Waals surface area contributed by atoms with Crippen molar-refractivity contribution in [3.8, 4) is 0 Å². The second-order valence-corrected chi connectivity index (χ2v) is 6.22. The van der Waals surface area contributed by atoms with Crippen molar-refractivity contribution in [1.82, 2.24) is 0 Å². The van der Waals surface area contributed by atoms with Gasteiger partial charge in [-0.3, -0.25) is 0 Å². The third kappa shape index (κ3) is 65.3. The molecule has 0 aliphatic rings. The predicted molar refractivity (Wildman–Crippen MR) is 136 cm³/mol. The molecule has 0 saturated heterocycles. The van der Waals surface area contributed by atoms with E-state index in [-0.39, 0.29) is 51.7 Å². The number of aliphatic hydroxyl groups excluding tert-OH is 4. The number of benzene rings is 2. The number of hydrogen-bond donors (Lipinski definition) is 4. The van der Waals surface area contributed by atoms with E-state index in [9.17, 15) is 0 Å². The van der Waals surface area contributed by atoms with Gasteiger partial charge in [0, 0.05) is 78.1 Å². The molecule has 0 amide bonds. The van der Waals surface area contributed by atoms with E-state index in [1.54, 1.807) is 0 Å². The molecule has 4 N–H and O–H groups in total. The Bertz CT molecular complexity index is 431. The summed E-state index contributed by atoms with van der Waals surface area (Å²) in [4.78, 5) is 0. The van der Waals surface area contributed by atoms with E-state index in [2.05, 4.69) is 20.8 Å². The van der Waals surface area contributed by atoms with E-state index < -0.39 is 0 Å². The fourth-order valence-corrected chi connectivity index (χ4v) is 1.11. The summed E-state index contributed by atoms with van der Waals surface area (Å²) in [6.45, 7) is 16.6. The van der Waals surface area contributed by atoms with Gasteiger partial charge in [-0.15, -0.1) is 24.3 Å². The van der Waals surface area contributed by atoms with Gasteiger partial charge in [0.2, 0.25) is 0 Å². The molecule has 0 aliphatic carbocycles. The minimum Gasteiger partial charge on any atom is -0.396 e. The van der Waals surface area contributed by atoms with Gasteiger partial charge < -0.3 is 20.4 Å². The van der Waals surface area contributed by atoms with Crippen LogP contribution in [0.4, 0.5) is 0 Å². The Hall–Kier alpha value is -0.240. The Morgan fingerprint density at radius 1 is 0.485 bits per heavy atom. The molecule has 4 nitrogen and oxygen atoms in total. The van der Waals surface area contributed by atoms with Crippen LogP contribution < -0.4 is 0 Å². The zero-order chi connectivity index (χ0) is 24.6. The maximum Gasteiger partial charge on any atom is 0.0430 e. The van der Waals surface area contributed by atoms with Gasteiger partial charge in [-0.1, -0.05) is 46.2 Å². The summed E-state index contributed by atoms with van der Waals surface area (Å²) in [5.41, 5.74) is 2.14. The van der Waals surface area contributed by atoms with Gasteiger partial charge in [-0.05, 0) is 25.7 Å². The van der Waals surface area contributed by atoms with Crippen LogP contribution in [0.3, 0.4) is 0 Å². The van der Waals surface area contributed by atoms with E-state index in [1.807, 2.05) is 81.4 Å². The molecule has 0 unspecified atom stereocenters. The summed E-state index contributed by atoms with van der Waals surface area (Å²) in [5, 5.41) is 31.7. The van der Waals surface area contributed by atoms with Crippen LogP contribution in [-0.2, 0) is 51.7 Å². The summed E-state index contributed by atoms with van der Waals surface area (Å²) in [6, 6.07) is 19.7. The minimum absolute atomic E-state index is 0. The molecule has 0 radical (unpaired) electrons. The first kappa shape index (κ1) is 46.1. The molecule has 0 spiro atoms. The van der Waals surface area contributed by atoms with Gasteiger partial charge in [-0.25, -0.2) is 0 Å². The molecule has 190 valence electrons. The van der Waals surface area contributed by atoms with Crippen LogP contribution >= 0.6 is 0 Å². The molecule has 2 rings (SSSR count). The average molecular weight is 794 g/mol. The SMILES string of the molecule is CCCCO.CCCO.CCCO.CCCO.[CH2-]c1ccccc1.[CH2-]c1ccccc1.[Hf].[Hf]. The molecule has 0 saturated carbocycles. The standard InChI is InChI=1S/2C7H7.C4H10O.3C3H8O.2Hf/c2*1-7-5-3-2-4-6-7;1-2-3-4-5;3*1-2-3-4;;/h2*2-6H,1H2;5H,2-4H2,1H3;3*4H,2-3H2,1H3;;/q2*-1;;;;;;. The topological polar surface area (TPSA) is 80.9 Å². The predicted octanol–water partition coefficient (Wildman–Crippen LogP) is 5.68. The normalized spacial score (nSPS) is 7.64. The zero-order valence-corrected chi connectivity index (χ0v) is 28.5. The van der Waals surface area contributed by atoms with Crippen LogP contribution in [0.1, 0.15) is 70.9 Å². The van der Waals surface area contributed by atoms with Crippen LogP contribution in [-0.4, -0.2) is 46.9 Å². The largest absolute Gasteiger partial charge is 0.396 e. The van der Waals surface area contributed by atoms with E-state index in [0.717, 1.165) is 43.2 Å². The van der Waals surface area contributed by atoms with Gasteiger partial charge >= 0.3 is 0 Å². The smallest absolute Gasteiger partial charge is 0.0430 e. The van der Waals surface area contributed by atoms with Crippen LogP contribution in [0, 0.1) is 13.8 Å². The van der Waals surface area contributed by atoms with Gasteiger partial charge in [0.1, 0.15) is 0 Å². The molecule has 2 aromatic carbocycles. The van der Waals surface area contributed by atoms with Gasteiger partial charge in [-0.2, -0.15) is 49.2 Å². The molecule has 0 atom stereocenters. The molecule has 0 bridgehead atoms. The number of hydrogen-bond acceptors (Lipinski definition) is 4. The third-order valence-corrected chi connectivity index (χ3v) is 2.87. The Balaban J connectivity index is -0.0000000669. The Kier molecular flexibility index (Phi) is 68.5. The van der Waals surface area contributed by atoms with E-state index in [0.29, 0.717) is 26.4 Å². The second-order valence-electron chi connectivity index (χ2n) is 6.22. The minimum atomic E-state index is 0. The Morgan fingerprint density at radius 2 is 0.727 bits per heavy atom. The molecule has 6 heteroatoms. The summed E-state index contributed by atoms with van der Waals surface area (Å²) in [6.07, 6.45) is 4.66. The Morgan fingerprint density at radius 3 is 0.788 bits per heavy atom. The van der Waals surface area contributed by atoms with Crippen molar-refractivity contribution in [2.75, 3.05) is 26.4 Å². The summed E-state index contributed by atoms with van der Waals surface area (Å²) >= 11 is 0. The van der Waals surface area contributed by atoms with Crippen molar-refractivity contribution >= 4 is 0 Å². The number of aliphatic hydroxyl groups is 4. The third-order valence-electron chi connectivity index (χ3n) is 2.87. The van der Waals surface area contributed by atoms with Crippen molar-refractivity contribution in [3.63, 3.8) is 0 Å². The molecular weight excluding hydrogens is 745 g/mol. The van der Waals surface area contributed by atoms with Gasteiger partial charge in [0.25, 0.3) is 0 Å². The molecule has 2 aromatic rings. The fraction of sp³-hybridized carbons (Fsp3) is 0.481. The van der Waals surface area contributed by atoms with E-state index >= 15 is 0 Å². The van der Waals surface area contributed by atoms with E-state index in [1.165, 1.54) is 0 Å². The van der Waals surface area contributed by atoms with Gasteiger partial charge in [0.15, 0.2) is 0 Å². The quantitative estimate of drug-likeness (QED) is 0.233. The van der Waals surface area contributed by atoms with Crippen molar-refractivity contribution < 1.29 is 72.1 Å². The summed E-state index contributed by atoms with van der Waals surface area (Å²) in [7, 11) is 0. The average Bonchev–Trinajstić information content (AvgIpc) is 2.82. The molecule has 0 aromatic heterocycles. The summed E-state index contributed by atoms with van der Waals surface area (Å²) < 4.78 is 0. The van der Waals surface area contributed by atoms with Crippen LogP contribution in [0.15, 0.2) is 60.7 Å². The van der Waals surface area contributed by atoms with Crippen molar-refractivity contribution in [3.05, 3.63) is 85.6 Å². The first-order valence-corrected chi connectivity index (χ1v) is 11.1. The monoisotopic (exact) mass is 796 g/mol. The second kappa shape index (κ2) is 49.0. The van der Waals surface area contributed by atoms with Crippen LogP contribution in [0.5, 0.6) is 0 Å². The molecule has 0 fully saturated rings. The maximum absolute atomic E-state index is 8.07. The first-order valence-electron chi connectivity index (χ1n) is 11.1. The fourth-order valence-electron chi connectivity index (χ4n) is 1.11.